The Morgan fingerprint density at radius 3 is 2.20 bits per heavy atom. The SMILES string of the molecule is CN1C(=O)C(=O)N(CC(=O)N(C2CCCC2)[C@H]2CCS(=O)(=O)C2)C1=O. The van der Waals surface area contributed by atoms with E-state index in [-0.39, 0.29) is 17.5 Å². The lowest BCUT2D eigenvalue weighted by atomic mass is 10.1. The van der Waals surface area contributed by atoms with Gasteiger partial charge in [0.05, 0.1) is 11.5 Å². The van der Waals surface area contributed by atoms with Crippen LogP contribution in [0.25, 0.3) is 0 Å². The summed E-state index contributed by atoms with van der Waals surface area (Å²) in [6, 6.07) is -1.33. The predicted molar refractivity (Wildman–Crippen MR) is 86.0 cm³/mol. The van der Waals surface area contributed by atoms with Gasteiger partial charge >= 0.3 is 17.8 Å². The first-order valence-corrected chi connectivity index (χ1v) is 10.2. The Labute approximate surface area is 145 Å². The molecular weight excluding hydrogens is 350 g/mol. The molecule has 2 heterocycles. The second kappa shape index (κ2) is 6.40. The fourth-order valence-corrected chi connectivity index (χ4v) is 5.56. The molecule has 3 fully saturated rings. The highest BCUT2D eigenvalue weighted by Gasteiger charge is 2.45. The van der Waals surface area contributed by atoms with Crippen molar-refractivity contribution in [3.8, 4) is 0 Å². The third-order valence-electron chi connectivity index (χ3n) is 5.15. The Kier molecular flexibility index (Phi) is 4.56. The Bertz CT molecular complexity index is 728. The zero-order valence-electron chi connectivity index (χ0n) is 14.0. The molecule has 0 aromatic rings. The molecule has 2 saturated heterocycles. The van der Waals surface area contributed by atoms with Crippen LogP contribution in [0.2, 0.25) is 0 Å². The smallest absolute Gasteiger partial charge is 0.334 e. The van der Waals surface area contributed by atoms with Gasteiger partial charge in [-0.3, -0.25) is 19.3 Å². The van der Waals surface area contributed by atoms with Crippen molar-refractivity contribution < 1.29 is 27.6 Å². The minimum absolute atomic E-state index is 0.0387. The van der Waals surface area contributed by atoms with Crippen molar-refractivity contribution >= 4 is 33.6 Å². The van der Waals surface area contributed by atoms with E-state index in [1.807, 2.05) is 0 Å². The molecule has 0 aromatic carbocycles. The van der Waals surface area contributed by atoms with Crippen LogP contribution in [-0.2, 0) is 24.2 Å². The molecule has 2 aliphatic heterocycles. The first-order valence-electron chi connectivity index (χ1n) is 8.36. The molecule has 5 amide bonds. The van der Waals surface area contributed by atoms with E-state index in [1.54, 1.807) is 4.90 Å². The average molecular weight is 371 g/mol. The van der Waals surface area contributed by atoms with Gasteiger partial charge in [0.2, 0.25) is 5.91 Å². The van der Waals surface area contributed by atoms with Crippen molar-refractivity contribution in [2.24, 2.45) is 0 Å². The average Bonchev–Trinajstić information content (AvgIpc) is 3.23. The summed E-state index contributed by atoms with van der Waals surface area (Å²) in [6.07, 6.45) is 3.84. The number of hydrogen-bond acceptors (Lipinski definition) is 6. The van der Waals surface area contributed by atoms with Crippen molar-refractivity contribution in [1.29, 1.82) is 0 Å². The predicted octanol–water partition coefficient (Wildman–Crippen LogP) is -0.635. The molecule has 1 saturated carbocycles. The molecule has 10 heteroatoms. The summed E-state index contributed by atoms with van der Waals surface area (Å²) in [5.41, 5.74) is 0. The minimum Gasteiger partial charge on any atom is -0.334 e. The lowest BCUT2D eigenvalue weighted by Crippen LogP contribution is -2.51. The molecule has 0 N–H and O–H groups in total. The van der Waals surface area contributed by atoms with Gasteiger partial charge in [-0.25, -0.2) is 18.1 Å². The molecule has 25 heavy (non-hydrogen) atoms. The van der Waals surface area contributed by atoms with Gasteiger partial charge in [0.15, 0.2) is 9.84 Å². The van der Waals surface area contributed by atoms with Gasteiger partial charge in [-0.1, -0.05) is 12.8 Å². The van der Waals surface area contributed by atoms with Gasteiger partial charge in [0.1, 0.15) is 6.54 Å². The molecule has 0 spiro atoms. The molecule has 1 aliphatic carbocycles. The summed E-state index contributed by atoms with van der Waals surface area (Å²) in [5.74, 6) is -2.51. The van der Waals surface area contributed by atoms with E-state index in [9.17, 15) is 27.6 Å². The van der Waals surface area contributed by atoms with Crippen molar-refractivity contribution in [2.75, 3.05) is 25.1 Å². The van der Waals surface area contributed by atoms with Gasteiger partial charge in [0, 0.05) is 19.1 Å². The van der Waals surface area contributed by atoms with Gasteiger partial charge in [0.25, 0.3) is 0 Å². The highest BCUT2D eigenvalue weighted by Crippen LogP contribution is 2.29. The standard InChI is InChI=1S/C15H21N3O6S/c1-16-13(20)14(21)17(15(16)22)8-12(19)18(10-4-2-3-5-10)11-6-7-25(23,24)9-11/h10-11H,2-9H2,1H3/t11-/m0/s1. The number of likely N-dealkylation sites (N-methyl/N-ethyl adjacent to an activating group) is 1. The number of carbonyl (C=O) groups is 4. The van der Waals surface area contributed by atoms with E-state index >= 15 is 0 Å². The molecule has 3 aliphatic rings. The number of hydrogen-bond donors (Lipinski definition) is 0. The lowest BCUT2D eigenvalue weighted by Gasteiger charge is -2.34. The van der Waals surface area contributed by atoms with E-state index in [0.29, 0.717) is 16.2 Å². The molecule has 1 atom stereocenters. The summed E-state index contributed by atoms with van der Waals surface area (Å²) < 4.78 is 23.6. The van der Waals surface area contributed by atoms with Gasteiger partial charge in [-0.05, 0) is 19.3 Å². The van der Waals surface area contributed by atoms with Gasteiger partial charge in [-0.2, -0.15) is 0 Å². The molecule has 3 rings (SSSR count). The molecule has 0 unspecified atom stereocenters. The molecular formula is C15H21N3O6S. The minimum atomic E-state index is -3.17. The zero-order chi connectivity index (χ0) is 18.4. The van der Waals surface area contributed by atoms with Crippen LogP contribution in [0.15, 0.2) is 0 Å². The Hall–Kier alpha value is -1.97. The first-order chi connectivity index (χ1) is 11.7. The largest absolute Gasteiger partial charge is 0.334 e. The molecule has 138 valence electrons. The number of rotatable bonds is 4. The maximum atomic E-state index is 12.8. The molecule has 0 aromatic heterocycles. The summed E-state index contributed by atoms with van der Waals surface area (Å²) in [6.45, 7) is -0.527. The van der Waals surface area contributed by atoms with Crippen molar-refractivity contribution in [3.05, 3.63) is 0 Å². The maximum absolute atomic E-state index is 12.8. The van der Waals surface area contributed by atoms with Crippen LogP contribution in [0.5, 0.6) is 0 Å². The van der Waals surface area contributed by atoms with E-state index in [0.717, 1.165) is 25.7 Å². The van der Waals surface area contributed by atoms with E-state index < -0.39 is 46.2 Å². The van der Waals surface area contributed by atoms with Gasteiger partial charge in [-0.15, -0.1) is 0 Å². The number of urea groups is 1. The number of carbonyl (C=O) groups excluding carboxylic acids is 4. The Morgan fingerprint density at radius 1 is 1.08 bits per heavy atom. The number of amides is 5. The maximum Gasteiger partial charge on any atom is 0.334 e. The van der Waals surface area contributed by atoms with Crippen LogP contribution in [0.3, 0.4) is 0 Å². The van der Waals surface area contributed by atoms with E-state index in [4.69, 9.17) is 0 Å². The highest BCUT2D eigenvalue weighted by atomic mass is 32.2. The monoisotopic (exact) mass is 371 g/mol. The molecule has 0 radical (unpaired) electrons. The summed E-state index contributed by atoms with van der Waals surface area (Å²) in [5, 5.41) is 0. The van der Waals surface area contributed by atoms with Crippen molar-refractivity contribution in [3.63, 3.8) is 0 Å². The van der Waals surface area contributed by atoms with Crippen LogP contribution in [0.4, 0.5) is 4.79 Å². The van der Waals surface area contributed by atoms with E-state index in [1.165, 1.54) is 7.05 Å². The topological polar surface area (TPSA) is 112 Å². The number of imide groups is 2. The highest BCUT2D eigenvalue weighted by molar-refractivity contribution is 7.91. The van der Waals surface area contributed by atoms with Crippen LogP contribution >= 0.6 is 0 Å². The fraction of sp³-hybridized carbons (Fsp3) is 0.733. The summed E-state index contributed by atoms with van der Waals surface area (Å²) >= 11 is 0. The fourth-order valence-electron chi connectivity index (χ4n) is 3.85. The quantitative estimate of drug-likeness (QED) is 0.480. The zero-order valence-corrected chi connectivity index (χ0v) is 14.8. The van der Waals surface area contributed by atoms with Crippen molar-refractivity contribution in [2.45, 2.75) is 44.2 Å². The third-order valence-corrected chi connectivity index (χ3v) is 6.90. The van der Waals surface area contributed by atoms with Crippen LogP contribution in [0, 0.1) is 0 Å². The second-order valence-corrected chi connectivity index (χ2v) is 9.06. The normalized spacial score (nSPS) is 26.8. The summed E-state index contributed by atoms with van der Waals surface area (Å²) in [7, 11) is -1.99. The Balaban J connectivity index is 1.79. The van der Waals surface area contributed by atoms with Gasteiger partial charge < -0.3 is 4.90 Å². The lowest BCUT2D eigenvalue weighted by molar-refractivity contribution is -0.145. The van der Waals surface area contributed by atoms with E-state index in [2.05, 4.69) is 0 Å². The summed E-state index contributed by atoms with van der Waals surface area (Å²) in [4.78, 5) is 51.1. The first kappa shape index (κ1) is 17.8. The molecule has 0 bridgehead atoms. The third kappa shape index (κ3) is 3.26. The number of sulfone groups is 1. The Morgan fingerprint density at radius 2 is 1.72 bits per heavy atom. The van der Waals surface area contributed by atoms with Crippen molar-refractivity contribution in [1.82, 2.24) is 14.7 Å². The molecule has 9 nitrogen and oxygen atoms in total. The second-order valence-electron chi connectivity index (χ2n) is 6.83. The van der Waals surface area contributed by atoms with Crippen LogP contribution < -0.4 is 0 Å². The number of nitrogens with zero attached hydrogens (tertiary/aromatic N) is 3. The van der Waals surface area contributed by atoms with Crippen LogP contribution in [-0.4, -0.2) is 84.1 Å². The van der Waals surface area contributed by atoms with Crippen LogP contribution in [0.1, 0.15) is 32.1 Å².